The van der Waals surface area contributed by atoms with E-state index in [1.165, 1.54) is 11.1 Å². The maximum atomic E-state index is 9.51. The quantitative estimate of drug-likeness (QED) is 0.760. The number of benzene rings is 1. The minimum atomic E-state index is 0.0192. The molecule has 2 aromatic heterocycles. The number of pyridine rings is 1. The fraction of sp³-hybridized carbons (Fsp3) is 0.278. The molecule has 22 heavy (non-hydrogen) atoms. The molecule has 0 aliphatic heterocycles. The van der Waals surface area contributed by atoms with Crippen LogP contribution in [0.25, 0.3) is 5.52 Å². The standard InChI is InChI=1S/C18H21N3O/c1-2-20(12-15-7-4-3-5-8-15)13-16-9-6-10-21-18(16)17(14-22)11-19-21/h3-11,22H,2,12-14H2,1H3. The minimum Gasteiger partial charge on any atom is -0.392 e. The number of fused-ring (bicyclic) bond motifs is 1. The van der Waals surface area contributed by atoms with Gasteiger partial charge in [-0.3, -0.25) is 4.90 Å². The third-order valence-electron chi connectivity index (χ3n) is 3.96. The minimum absolute atomic E-state index is 0.0192. The highest BCUT2D eigenvalue weighted by Gasteiger charge is 2.11. The molecule has 3 rings (SSSR count). The average molecular weight is 295 g/mol. The topological polar surface area (TPSA) is 40.8 Å². The van der Waals surface area contributed by atoms with E-state index in [0.29, 0.717) is 0 Å². The van der Waals surface area contributed by atoms with Crippen molar-refractivity contribution in [2.75, 3.05) is 6.54 Å². The Kier molecular flexibility index (Phi) is 4.51. The van der Waals surface area contributed by atoms with Gasteiger partial charge in [0.05, 0.1) is 18.3 Å². The van der Waals surface area contributed by atoms with E-state index in [1.807, 2.05) is 22.8 Å². The molecule has 114 valence electrons. The maximum Gasteiger partial charge on any atom is 0.0761 e. The van der Waals surface area contributed by atoms with Crippen molar-refractivity contribution >= 4 is 5.52 Å². The molecule has 0 fully saturated rings. The number of hydrogen-bond donors (Lipinski definition) is 1. The number of aliphatic hydroxyl groups is 1. The van der Waals surface area contributed by atoms with E-state index in [2.05, 4.69) is 47.3 Å². The Morgan fingerprint density at radius 1 is 1.05 bits per heavy atom. The first kappa shape index (κ1) is 14.8. The molecule has 1 N–H and O–H groups in total. The van der Waals surface area contributed by atoms with E-state index < -0.39 is 0 Å². The first-order chi connectivity index (χ1) is 10.8. The van der Waals surface area contributed by atoms with Crippen molar-refractivity contribution in [2.24, 2.45) is 0 Å². The van der Waals surface area contributed by atoms with Gasteiger partial charge in [0.2, 0.25) is 0 Å². The van der Waals surface area contributed by atoms with E-state index in [-0.39, 0.29) is 6.61 Å². The molecule has 0 radical (unpaired) electrons. The predicted octanol–water partition coefficient (Wildman–Crippen LogP) is 2.85. The van der Waals surface area contributed by atoms with E-state index in [4.69, 9.17) is 0 Å². The Morgan fingerprint density at radius 2 is 1.86 bits per heavy atom. The molecule has 0 aliphatic carbocycles. The van der Waals surface area contributed by atoms with Crippen LogP contribution in [0, 0.1) is 0 Å². The molecule has 0 spiro atoms. The van der Waals surface area contributed by atoms with Crippen LogP contribution in [0.15, 0.2) is 54.9 Å². The van der Waals surface area contributed by atoms with Gasteiger partial charge in [0.15, 0.2) is 0 Å². The van der Waals surface area contributed by atoms with E-state index in [9.17, 15) is 5.11 Å². The third-order valence-corrected chi connectivity index (χ3v) is 3.96. The molecular formula is C18H21N3O. The fourth-order valence-corrected chi connectivity index (χ4v) is 2.79. The monoisotopic (exact) mass is 295 g/mol. The molecule has 4 heteroatoms. The van der Waals surface area contributed by atoms with Crippen LogP contribution >= 0.6 is 0 Å². The summed E-state index contributed by atoms with van der Waals surface area (Å²) in [4.78, 5) is 2.39. The SMILES string of the molecule is CCN(Cc1ccccc1)Cc1cccn2ncc(CO)c12. The van der Waals surface area contributed by atoms with Crippen molar-refractivity contribution in [3.05, 3.63) is 71.5 Å². The largest absolute Gasteiger partial charge is 0.392 e. The highest BCUT2D eigenvalue weighted by Crippen LogP contribution is 2.19. The van der Waals surface area contributed by atoms with Crippen LogP contribution < -0.4 is 0 Å². The van der Waals surface area contributed by atoms with Crippen molar-refractivity contribution in [3.63, 3.8) is 0 Å². The van der Waals surface area contributed by atoms with Crippen LogP contribution in [-0.2, 0) is 19.7 Å². The lowest BCUT2D eigenvalue weighted by Crippen LogP contribution is -2.22. The summed E-state index contributed by atoms with van der Waals surface area (Å²) in [6, 6.07) is 14.6. The maximum absolute atomic E-state index is 9.51. The second-order valence-electron chi connectivity index (χ2n) is 5.44. The number of aromatic nitrogens is 2. The molecule has 0 aliphatic rings. The van der Waals surface area contributed by atoms with Crippen LogP contribution in [0.3, 0.4) is 0 Å². The van der Waals surface area contributed by atoms with Gasteiger partial charge in [-0.15, -0.1) is 0 Å². The Balaban J connectivity index is 1.86. The first-order valence-corrected chi connectivity index (χ1v) is 7.63. The molecule has 3 aromatic rings. The summed E-state index contributed by atoms with van der Waals surface area (Å²) in [6.45, 7) is 4.92. The van der Waals surface area contributed by atoms with Gasteiger partial charge in [-0.2, -0.15) is 5.10 Å². The number of nitrogens with zero attached hydrogens (tertiary/aromatic N) is 3. The van der Waals surface area contributed by atoms with Gasteiger partial charge in [-0.1, -0.05) is 43.3 Å². The summed E-state index contributed by atoms with van der Waals surface area (Å²) in [7, 11) is 0. The van der Waals surface area contributed by atoms with Crippen LogP contribution in [0.4, 0.5) is 0 Å². The summed E-state index contributed by atoms with van der Waals surface area (Å²) in [5.74, 6) is 0. The first-order valence-electron chi connectivity index (χ1n) is 7.63. The molecule has 4 nitrogen and oxygen atoms in total. The highest BCUT2D eigenvalue weighted by molar-refractivity contribution is 5.60. The Bertz CT molecular complexity index is 736. The van der Waals surface area contributed by atoms with Gasteiger partial charge in [0.1, 0.15) is 0 Å². The zero-order valence-corrected chi connectivity index (χ0v) is 12.8. The Morgan fingerprint density at radius 3 is 2.59 bits per heavy atom. The van der Waals surface area contributed by atoms with Crippen molar-refractivity contribution < 1.29 is 5.11 Å². The molecule has 0 atom stereocenters. The molecule has 0 amide bonds. The predicted molar refractivity (Wildman–Crippen MR) is 87.3 cm³/mol. The summed E-state index contributed by atoms with van der Waals surface area (Å²) in [6.07, 6.45) is 3.66. The van der Waals surface area contributed by atoms with Gasteiger partial charge in [-0.05, 0) is 23.7 Å². The Labute approximate surface area is 130 Å². The lowest BCUT2D eigenvalue weighted by atomic mass is 10.1. The van der Waals surface area contributed by atoms with Crippen LogP contribution in [0.2, 0.25) is 0 Å². The van der Waals surface area contributed by atoms with Crippen molar-refractivity contribution in [1.82, 2.24) is 14.5 Å². The van der Waals surface area contributed by atoms with Crippen molar-refractivity contribution in [1.29, 1.82) is 0 Å². The molecule has 0 unspecified atom stereocenters. The van der Waals surface area contributed by atoms with E-state index in [0.717, 1.165) is 30.7 Å². The summed E-state index contributed by atoms with van der Waals surface area (Å²) < 4.78 is 1.84. The van der Waals surface area contributed by atoms with Gasteiger partial charge in [0, 0.05) is 24.8 Å². The second-order valence-corrected chi connectivity index (χ2v) is 5.44. The van der Waals surface area contributed by atoms with Gasteiger partial charge >= 0.3 is 0 Å². The van der Waals surface area contributed by atoms with Crippen LogP contribution in [0.5, 0.6) is 0 Å². The van der Waals surface area contributed by atoms with Crippen LogP contribution in [-0.4, -0.2) is 26.2 Å². The third kappa shape index (κ3) is 3.03. The summed E-state index contributed by atoms with van der Waals surface area (Å²) in [5, 5.41) is 13.8. The highest BCUT2D eigenvalue weighted by atomic mass is 16.3. The zero-order valence-electron chi connectivity index (χ0n) is 12.8. The smallest absolute Gasteiger partial charge is 0.0761 e. The average Bonchev–Trinajstić information content (AvgIpc) is 2.99. The van der Waals surface area contributed by atoms with Gasteiger partial charge in [0.25, 0.3) is 0 Å². The number of rotatable bonds is 6. The van der Waals surface area contributed by atoms with E-state index >= 15 is 0 Å². The van der Waals surface area contributed by atoms with Crippen molar-refractivity contribution in [3.8, 4) is 0 Å². The normalized spacial score (nSPS) is 11.4. The molecule has 0 saturated carbocycles. The Hall–Kier alpha value is -2.17. The van der Waals surface area contributed by atoms with Gasteiger partial charge in [-0.25, -0.2) is 4.52 Å². The zero-order chi connectivity index (χ0) is 15.4. The van der Waals surface area contributed by atoms with Crippen LogP contribution in [0.1, 0.15) is 23.6 Å². The van der Waals surface area contributed by atoms with E-state index in [1.54, 1.807) is 6.20 Å². The molecule has 0 saturated heterocycles. The lowest BCUT2D eigenvalue weighted by Gasteiger charge is -2.21. The second kappa shape index (κ2) is 6.73. The van der Waals surface area contributed by atoms with Gasteiger partial charge < -0.3 is 5.11 Å². The molecular weight excluding hydrogens is 274 g/mol. The molecule has 2 heterocycles. The summed E-state index contributed by atoms with van der Waals surface area (Å²) in [5.41, 5.74) is 4.41. The summed E-state index contributed by atoms with van der Waals surface area (Å²) >= 11 is 0. The fourth-order valence-electron chi connectivity index (χ4n) is 2.79. The lowest BCUT2D eigenvalue weighted by molar-refractivity contribution is 0.271. The van der Waals surface area contributed by atoms with Crippen molar-refractivity contribution in [2.45, 2.75) is 26.6 Å². The number of hydrogen-bond acceptors (Lipinski definition) is 3. The molecule has 0 bridgehead atoms. The molecule has 1 aromatic carbocycles. The number of aliphatic hydroxyl groups excluding tert-OH is 1.